The Labute approximate surface area is 194 Å². The molecule has 4 rings (SSSR count). The molecule has 31 heavy (non-hydrogen) atoms. The number of hydrogen-bond acceptors (Lipinski definition) is 4. The topological polar surface area (TPSA) is 58.6 Å². The molecular weight excluding hydrogens is 476 g/mol. The number of halogens is 1. The van der Waals surface area contributed by atoms with Crippen LogP contribution in [0.3, 0.4) is 0 Å². The van der Waals surface area contributed by atoms with E-state index < -0.39 is 0 Å². The lowest BCUT2D eigenvalue weighted by atomic mass is 10.1. The molecule has 1 fully saturated rings. The molecule has 1 aliphatic heterocycles. The van der Waals surface area contributed by atoms with Crippen LogP contribution in [0.25, 0.3) is 10.4 Å². The van der Waals surface area contributed by atoms with E-state index in [1.54, 1.807) is 4.90 Å². The molecule has 1 saturated heterocycles. The van der Waals surface area contributed by atoms with Crippen molar-refractivity contribution in [3.05, 3.63) is 75.8 Å². The van der Waals surface area contributed by atoms with Gasteiger partial charge in [0.25, 0.3) is 5.91 Å². The number of thiophene rings is 1. The summed E-state index contributed by atoms with van der Waals surface area (Å²) in [7, 11) is 0. The largest absolute Gasteiger partial charge is 0.378 e. The van der Waals surface area contributed by atoms with E-state index in [0.717, 1.165) is 26.0 Å². The van der Waals surface area contributed by atoms with E-state index in [9.17, 15) is 9.59 Å². The molecule has 0 aliphatic carbocycles. The van der Waals surface area contributed by atoms with Gasteiger partial charge in [0.2, 0.25) is 5.91 Å². The molecule has 2 amide bonds. The first-order valence-corrected chi connectivity index (χ1v) is 11.7. The Morgan fingerprint density at radius 3 is 2.55 bits per heavy atom. The summed E-state index contributed by atoms with van der Waals surface area (Å²) in [5, 5.41) is 3.62. The molecule has 1 N–H and O–H groups in total. The van der Waals surface area contributed by atoms with Crippen LogP contribution < -0.4 is 5.32 Å². The number of morpholine rings is 1. The Morgan fingerprint density at radius 2 is 1.84 bits per heavy atom. The molecule has 0 radical (unpaired) electrons. The van der Waals surface area contributed by atoms with Crippen LogP contribution in [0.1, 0.15) is 21.5 Å². The Kier molecular flexibility index (Phi) is 6.85. The van der Waals surface area contributed by atoms with Crippen LogP contribution in [-0.4, -0.2) is 43.0 Å². The maximum Gasteiger partial charge on any atom is 0.257 e. The van der Waals surface area contributed by atoms with E-state index in [2.05, 4.69) is 21.2 Å². The summed E-state index contributed by atoms with van der Waals surface area (Å²) in [5.74, 6) is -0.202. The van der Waals surface area contributed by atoms with Gasteiger partial charge in [-0.1, -0.05) is 58.4 Å². The standard InChI is InChI=1S/C24H23BrN2O3S/c1-16-21(24(29)27-10-12-30-13-11-27)23(31-22(16)18-7-3-2-4-8-18)26-20(28)15-17-6-5-9-19(25)14-17/h2-9,14H,10-13,15H2,1H3,(H,26,28). The molecule has 0 atom stereocenters. The second kappa shape index (κ2) is 9.77. The molecule has 2 heterocycles. The highest BCUT2D eigenvalue weighted by Crippen LogP contribution is 2.40. The van der Waals surface area contributed by atoms with Crippen molar-refractivity contribution < 1.29 is 14.3 Å². The zero-order valence-electron chi connectivity index (χ0n) is 17.2. The number of amides is 2. The van der Waals surface area contributed by atoms with Crippen molar-refractivity contribution in [3.8, 4) is 10.4 Å². The number of nitrogens with zero attached hydrogens (tertiary/aromatic N) is 1. The third-order valence-corrected chi connectivity index (χ3v) is 6.95. The van der Waals surface area contributed by atoms with Crippen LogP contribution in [-0.2, 0) is 16.0 Å². The van der Waals surface area contributed by atoms with Crippen LogP contribution in [0, 0.1) is 6.92 Å². The molecular formula is C24H23BrN2O3S. The summed E-state index contributed by atoms with van der Waals surface area (Å²) in [5.41, 5.74) is 3.41. The molecule has 160 valence electrons. The maximum atomic E-state index is 13.4. The van der Waals surface area contributed by atoms with Gasteiger partial charge in [0.05, 0.1) is 25.2 Å². The second-order valence-corrected chi connectivity index (χ2v) is 9.32. The quantitative estimate of drug-likeness (QED) is 0.529. The number of ether oxygens (including phenoxy) is 1. The number of carbonyl (C=O) groups is 2. The highest BCUT2D eigenvalue weighted by atomic mass is 79.9. The molecule has 1 aromatic heterocycles. The monoisotopic (exact) mass is 498 g/mol. The van der Waals surface area contributed by atoms with Crippen molar-refractivity contribution in [2.45, 2.75) is 13.3 Å². The van der Waals surface area contributed by atoms with Gasteiger partial charge in [0.1, 0.15) is 5.00 Å². The van der Waals surface area contributed by atoms with Gasteiger partial charge in [0, 0.05) is 22.4 Å². The predicted octanol–water partition coefficient (Wildman–Crippen LogP) is 5.14. The van der Waals surface area contributed by atoms with Crippen LogP contribution in [0.15, 0.2) is 59.1 Å². The first-order valence-electron chi connectivity index (χ1n) is 10.1. The van der Waals surface area contributed by atoms with E-state index in [1.165, 1.54) is 11.3 Å². The van der Waals surface area contributed by atoms with Crippen LogP contribution in [0.4, 0.5) is 5.00 Å². The average Bonchev–Trinajstić information content (AvgIpc) is 3.10. The minimum absolute atomic E-state index is 0.0583. The van der Waals surface area contributed by atoms with E-state index in [-0.39, 0.29) is 18.2 Å². The van der Waals surface area contributed by atoms with Crippen molar-refractivity contribution in [2.24, 2.45) is 0 Å². The summed E-state index contributed by atoms with van der Waals surface area (Å²) in [6.07, 6.45) is 0.238. The molecule has 0 unspecified atom stereocenters. The summed E-state index contributed by atoms with van der Waals surface area (Å²) in [6.45, 7) is 4.13. The van der Waals surface area contributed by atoms with Crippen LogP contribution in [0.2, 0.25) is 0 Å². The van der Waals surface area contributed by atoms with E-state index in [1.807, 2.05) is 61.5 Å². The fourth-order valence-electron chi connectivity index (χ4n) is 3.65. The molecule has 2 aromatic carbocycles. The minimum Gasteiger partial charge on any atom is -0.378 e. The van der Waals surface area contributed by atoms with E-state index >= 15 is 0 Å². The zero-order chi connectivity index (χ0) is 21.8. The van der Waals surface area contributed by atoms with Crippen molar-refractivity contribution in [2.75, 3.05) is 31.6 Å². The normalized spacial score (nSPS) is 13.8. The van der Waals surface area contributed by atoms with E-state index in [4.69, 9.17) is 4.74 Å². The smallest absolute Gasteiger partial charge is 0.257 e. The summed E-state index contributed by atoms with van der Waals surface area (Å²) in [4.78, 5) is 29.0. The molecule has 1 aliphatic rings. The van der Waals surface area contributed by atoms with Gasteiger partial charge in [-0.25, -0.2) is 0 Å². The highest BCUT2D eigenvalue weighted by Gasteiger charge is 2.28. The molecule has 0 bridgehead atoms. The van der Waals surface area contributed by atoms with E-state index in [0.29, 0.717) is 36.9 Å². The minimum atomic E-state index is -0.144. The Hall–Kier alpha value is -2.48. The van der Waals surface area contributed by atoms with Gasteiger partial charge in [-0.15, -0.1) is 11.3 Å². The lowest BCUT2D eigenvalue weighted by Crippen LogP contribution is -2.41. The lowest BCUT2D eigenvalue weighted by molar-refractivity contribution is -0.115. The average molecular weight is 499 g/mol. The number of hydrogen-bond donors (Lipinski definition) is 1. The predicted molar refractivity (Wildman–Crippen MR) is 128 cm³/mol. The number of nitrogens with one attached hydrogen (secondary N) is 1. The van der Waals surface area contributed by atoms with Gasteiger partial charge < -0.3 is 15.0 Å². The first kappa shape index (κ1) is 21.7. The number of carbonyl (C=O) groups excluding carboxylic acids is 2. The van der Waals surface area contributed by atoms with Crippen molar-refractivity contribution >= 4 is 44.1 Å². The van der Waals surface area contributed by atoms with Crippen LogP contribution in [0.5, 0.6) is 0 Å². The zero-order valence-corrected chi connectivity index (χ0v) is 19.6. The summed E-state index contributed by atoms with van der Waals surface area (Å²) in [6, 6.07) is 17.6. The summed E-state index contributed by atoms with van der Waals surface area (Å²) >= 11 is 4.90. The van der Waals surface area contributed by atoms with Gasteiger partial charge in [-0.05, 0) is 35.7 Å². The summed E-state index contributed by atoms with van der Waals surface area (Å²) < 4.78 is 6.33. The van der Waals surface area contributed by atoms with Crippen molar-refractivity contribution in [1.82, 2.24) is 4.90 Å². The third-order valence-electron chi connectivity index (χ3n) is 5.20. The fourth-order valence-corrected chi connectivity index (χ4v) is 5.32. The van der Waals surface area contributed by atoms with Gasteiger partial charge in [-0.2, -0.15) is 0 Å². The Morgan fingerprint density at radius 1 is 1.10 bits per heavy atom. The fraction of sp³-hybridized carbons (Fsp3) is 0.250. The second-order valence-electron chi connectivity index (χ2n) is 7.39. The number of anilines is 1. The molecule has 5 nitrogen and oxygen atoms in total. The number of benzene rings is 2. The van der Waals surface area contributed by atoms with Crippen LogP contribution >= 0.6 is 27.3 Å². The highest BCUT2D eigenvalue weighted by molar-refractivity contribution is 9.10. The Bertz CT molecular complexity index is 1090. The van der Waals surface area contributed by atoms with Crippen molar-refractivity contribution in [1.29, 1.82) is 0 Å². The van der Waals surface area contributed by atoms with Crippen molar-refractivity contribution in [3.63, 3.8) is 0 Å². The lowest BCUT2D eigenvalue weighted by Gasteiger charge is -2.27. The molecule has 7 heteroatoms. The molecule has 0 saturated carbocycles. The number of rotatable bonds is 5. The Balaban J connectivity index is 1.66. The van der Waals surface area contributed by atoms with Gasteiger partial charge in [0.15, 0.2) is 0 Å². The maximum absolute atomic E-state index is 13.4. The third kappa shape index (κ3) is 5.06. The van der Waals surface area contributed by atoms with Gasteiger partial charge in [-0.3, -0.25) is 9.59 Å². The SMILES string of the molecule is Cc1c(-c2ccccc2)sc(NC(=O)Cc2cccc(Br)c2)c1C(=O)N1CCOCC1. The first-order chi connectivity index (χ1) is 15.0. The molecule has 0 spiro atoms. The van der Waals surface area contributed by atoms with Gasteiger partial charge >= 0.3 is 0 Å². The molecule has 3 aromatic rings.